The number of hydrogen-bond donors (Lipinski definition) is 4. The van der Waals surface area contributed by atoms with Gasteiger partial charge in [-0.05, 0) is 79.2 Å². The molecule has 1 fully saturated rings. The minimum absolute atomic E-state index is 0. The average Bonchev–Trinajstić information content (AvgIpc) is 3.45. The molecule has 1 atom stereocenters. The fourth-order valence-electron chi connectivity index (χ4n) is 6.15. The number of oxazole rings is 1. The molecule has 3 aromatic rings. The van der Waals surface area contributed by atoms with Gasteiger partial charge in [0.25, 0.3) is 0 Å². The first-order chi connectivity index (χ1) is 21.9. The van der Waals surface area contributed by atoms with Gasteiger partial charge in [-0.1, -0.05) is 63.3 Å². The van der Waals surface area contributed by atoms with Crippen molar-refractivity contribution in [3.8, 4) is 0 Å². The summed E-state index contributed by atoms with van der Waals surface area (Å²) in [7, 11) is 1.50. The summed E-state index contributed by atoms with van der Waals surface area (Å²) < 4.78 is 5.60. The summed E-state index contributed by atoms with van der Waals surface area (Å²) in [6.45, 7) is 15.6. The van der Waals surface area contributed by atoms with Gasteiger partial charge in [0.2, 0.25) is 0 Å². The third-order valence-electron chi connectivity index (χ3n) is 8.29. The number of carbonyl (C=O) groups excluding carboxylic acids is 1. The second-order valence-corrected chi connectivity index (χ2v) is 11.1. The average molecular weight is 616 g/mol. The van der Waals surface area contributed by atoms with Crippen molar-refractivity contribution in [1.29, 1.82) is 10.8 Å². The number of rotatable bonds is 9. The van der Waals surface area contributed by atoms with Gasteiger partial charge in [-0.15, -0.1) is 0 Å². The molecular weight excluding hydrogens is 562 g/mol. The van der Waals surface area contributed by atoms with Crippen LogP contribution in [-0.4, -0.2) is 72.0 Å². The van der Waals surface area contributed by atoms with Crippen LogP contribution >= 0.6 is 0 Å². The van der Waals surface area contributed by atoms with Gasteiger partial charge in [0.1, 0.15) is 5.52 Å². The summed E-state index contributed by atoms with van der Waals surface area (Å²) in [6, 6.07) is 12.0. The van der Waals surface area contributed by atoms with E-state index in [2.05, 4.69) is 40.5 Å². The first-order valence-electron chi connectivity index (χ1n) is 16.1. The maximum absolute atomic E-state index is 13.4. The lowest BCUT2D eigenvalue weighted by Crippen LogP contribution is -2.52. The summed E-state index contributed by atoms with van der Waals surface area (Å²) >= 11 is 0. The number of urea groups is 1. The van der Waals surface area contributed by atoms with Gasteiger partial charge in [0.15, 0.2) is 11.5 Å². The fourth-order valence-corrected chi connectivity index (χ4v) is 6.15. The molecule has 0 aliphatic carbocycles. The Balaban J connectivity index is 0.00000142. The first kappa shape index (κ1) is 35.4. The number of amides is 2. The highest BCUT2D eigenvalue weighted by Gasteiger charge is 2.28. The lowest BCUT2D eigenvalue weighted by atomic mass is 9.91. The molecule has 2 aliphatic rings. The zero-order chi connectivity index (χ0) is 32.9. The molecule has 3 heterocycles. The third-order valence-corrected chi connectivity index (χ3v) is 8.29. The molecule has 0 unspecified atom stereocenters. The number of aromatic nitrogens is 1. The van der Waals surface area contributed by atoms with Crippen molar-refractivity contribution in [2.45, 2.75) is 72.4 Å². The number of piperidine rings is 1. The SMILES string of the molecule is C=Cc1c(C=N)cccc1CN1CCC[C@@H](NC(=O)N2CCC(CC)=C(C(=N)Cc3ccc4oc(C)nc4c3)C2)C1.CC.CN.[HH]. The quantitative estimate of drug-likeness (QED) is 0.193. The molecule has 5 rings (SSSR count). The Kier molecular flexibility index (Phi) is 13.7. The molecule has 9 heteroatoms. The monoisotopic (exact) mass is 615 g/mol. The lowest BCUT2D eigenvalue weighted by Gasteiger charge is -2.36. The van der Waals surface area contributed by atoms with Gasteiger partial charge in [-0.2, -0.15) is 0 Å². The molecule has 9 nitrogen and oxygen atoms in total. The summed E-state index contributed by atoms with van der Waals surface area (Å²) in [5.74, 6) is 0.636. The van der Waals surface area contributed by atoms with Crippen LogP contribution in [0.15, 0.2) is 58.5 Å². The van der Waals surface area contributed by atoms with E-state index in [1.54, 1.807) is 0 Å². The van der Waals surface area contributed by atoms with Crippen LogP contribution in [-0.2, 0) is 13.0 Å². The molecule has 0 spiro atoms. The van der Waals surface area contributed by atoms with Crippen molar-refractivity contribution in [2.75, 3.05) is 33.2 Å². The van der Waals surface area contributed by atoms with E-state index >= 15 is 0 Å². The highest BCUT2D eigenvalue weighted by molar-refractivity contribution is 6.01. The predicted octanol–water partition coefficient (Wildman–Crippen LogP) is 6.97. The van der Waals surface area contributed by atoms with E-state index in [1.807, 2.05) is 62.1 Å². The largest absolute Gasteiger partial charge is 0.441 e. The van der Waals surface area contributed by atoms with Gasteiger partial charge in [0.05, 0.1) is 0 Å². The Morgan fingerprint density at radius 2 is 2.02 bits per heavy atom. The van der Waals surface area contributed by atoms with Crippen molar-refractivity contribution in [1.82, 2.24) is 20.1 Å². The number of hydrogen-bond acceptors (Lipinski definition) is 7. The smallest absolute Gasteiger partial charge is 0.317 e. The van der Waals surface area contributed by atoms with Gasteiger partial charge in [-0.3, -0.25) is 4.90 Å². The molecule has 0 bridgehead atoms. The fraction of sp³-hybridized carbons (Fsp3) is 0.444. The predicted molar refractivity (Wildman–Crippen MR) is 189 cm³/mol. The topological polar surface area (TPSA) is 135 Å². The molecule has 1 saturated heterocycles. The van der Waals surface area contributed by atoms with E-state index < -0.39 is 0 Å². The molecular formula is C36H53N7O2. The molecule has 2 amide bonds. The Bertz CT molecular complexity index is 1510. The summed E-state index contributed by atoms with van der Waals surface area (Å²) in [6.07, 6.45) is 7.36. The van der Waals surface area contributed by atoms with E-state index in [0.717, 1.165) is 84.2 Å². The van der Waals surface area contributed by atoms with E-state index in [1.165, 1.54) is 18.8 Å². The van der Waals surface area contributed by atoms with Crippen LogP contribution in [0.1, 0.15) is 76.0 Å². The van der Waals surface area contributed by atoms with Crippen molar-refractivity contribution >= 4 is 35.1 Å². The second kappa shape index (κ2) is 17.4. The van der Waals surface area contributed by atoms with E-state index in [0.29, 0.717) is 31.1 Å². The van der Waals surface area contributed by atoms with Crippen LogP contribution in [0, 0.1) is 17.7 Å². The minimum Gasteiger partial charge on any atom is -0.441 e. The Morgan fingerprint density at radius 3 is 2.73 bits per heavy atom. The van der Waals surface area contributed by atoms with Crippen LogP contribution in [0.25, 0.3) is 17.2 Å². The molecule has 2 aliphatic heterocycles. The van der Waals surface area contributed by atoms with Crippen molar-refractivity contribution < 1.29 is 10.6 Å². The number of nitrogens with one attached hydrogen (secondary N) is 3. The van der Waals surface area contributed by atoms with E-state index in [-0.39, 0.29) is 13.5 Å². The molecule has 5 N–H and O–H groups in total. The van der Waals surface area contributed by atoms with Crippen LogP contribution in [0.4, 0.5) is 4.79 Å². The molecule has 0 radical (unpaired) electrons. The summed E-state index contributed by atoms with van der Waals surface area (Å²) in [5.41, 5.74) is 12.9. The standard InChI is InChI=1S/C33H40N6O2.C2H6.CH5N.H2/c1-4-24-13-15-39(21-29(24)30(35)16-23-11-12-32-31(17-23)36-22(3)41-32)33(40)37-27-10-7-14-38(20-27)19-26-9-6-8-25(18-34)28(26)5-2;2*1-2;/h5-6,8-9,11-12,17-18,27,34-35H,2,4,7,10,13-16,19-21H2,1,3H3,(H,37,40);1-2H3;2H2,1H3;1H/t27-;;;/m1.../s1. The van der Waals surface area contributed by atoms with Gasteiger partial charge >= 0.3 is 6.03 Å². The van der Waals surface area contributed by atoms with Gasteiger partial charge < -0.3 is 31.2 Å². The Hall–Kier alpha value is -4.08. The minimum atomic E-state index is -0.0469. The van der Waals surface area contributed by atoms with Crippen LogP contribution in [0.5, 0.6) is 0 Å². The molecule has 1 aromatic heterocycles. The van der Waals surface area contributed by atoms with Crippen LogP contribution in [0.2, 0.25) is 0 Å². The number of carbonyl (C=O) groups is 1. The molecule has 2 aromatic carbocycles. The van der Waals surface area contributed by atoms with E-state index in [9.17, 15) is 4.79 Å². The zero-order valence-electron chi connectivity index (χ0n) is 27.7. The highest BCUT2D eigenvalue weighted by atomic mass is 16.3. The highest BCUT2D eigenvalue weighted by Crippen LogP contribution is 2.25. The van der Waals surface area contributed by atoms with Crippen LogP contribution < -0.4 is 11.1 Å². The maximum atomic E-state index is 13.4. The second-order valence-electron chi connectivity index (χ2n) is 11.1. The molecule has 0 saturated carbocycles. The number of aryl methyl sites for hydroxylation is 1. The maximum Gasteiger partial charge on any atom is 0.317 e. The number of benzene rings is 2. The molecule has 244 valence electrons. The van der Waals surface area contributed by atoms with Gasteiger partial charge in [-0.25, -0.2) is 9.78 Å². The Morgan fingerprint density at radius 1 is 1.24 bits per heavy atom. The van der Waals surface area contributed by atoms with Crippen LogP contribution in [0.3, 0.4) is 0 Å². The summed E-state index contributed by atoms with van der Waals surface area (Å²) in [4.78, 5) is 22.1. The third kappa shape index (κ3) is 8.99. The van der Waals surface area contributed by atoms with Crippen molar-refractivity contribution in [3.63, 3.8) is 0 Å². The summed E-state index contributed by atoms with van der Waals surface area (Å²) in [5, 5.41) is 20.0. The van der Waals surface area contributed by atoms with E-state index in [4.69, 9.17) is 15.2 Å². The normalized spacial score (nSPS) is 16.7. The molecule has 45 heavy (non-hydrogen) atoms. The number of nitrogens with zero attached hydrogens (tertiary/aromatic N) is 3. The number of likely N-dealkylation sites (tertiary alicyclic amines) is 1. The first-order valence-corrected chi connectivity index (χ1v) is 16.1. The number of nitrogens with two attached hydrogens (primary N) is 1. The van der Waals surface area contributed by atoms with Crippen molar-refractivity contribution in [3.05, 3.63) is 82.3 Å². The Labute approximate surface area is 270 Å². The number of fused-ring (bicyclic) bond motifs is 1. The zero-order valence-corrected chi connectivity index (χ0v) is 27.7. The lowest BCUT2D eigenvalue weighted by molar-refractivity contribution is 0.164. The van der Waals surface area contributed by atoms with Crippen molar-refractivity contribution in [2.24, 2.45) is 5.73 Å². The van der Waals surface area contributed by atoms with Gasteiger partial charge in [0, 0.05) is 58.9 Å².